The molecule has 0 radical (unpaired) electrons. The van der Waals surface area contributed by atoms with E-state index in [9.17, 15) is 15.0 Å². The van der Waals surface area contributed by atoms with Crippen LogP contribution in [0.5, 0.6) is 5.75 Å². The third kappa shape index (κ3) is 4.73. The first kappa shape index (κ1) is 18.8. The van der Waals surface area contributed by atoms with Crippen molar-refractivity contribution in [2.24, 2.45) is 0 Å². The van der Waals surface area contributed by atoms with Gasteiger partial charge in [0.05, 0.1) is 13.7 Å². The number of methoxy groups -OCH3 is 1. The largest absolute Gasteiger partial charge is 0.497 e. The maximum Gasteiger partial charge on any atom is 0.408 e. The quantitative estimate of drug-likeness (QED) is 0.856. The van der Waals surface area contributed by atoms with Gasteiger partial charge in [-0.2, -0.15) is 0 Å². The highest BCUT2D eigenvalue weighted by Crippen LogP contribution is 2.28. The molecule has 0 atom stereocenters. The zero-order valence-electron chi connectivity index (χ0n) is 15.1. The van der Waals surface area contributed by atoms with Crippen LogP contribution in [0, 0.1) is 0 Å². The van der Waals surface area contributed by atoms with Crippen LogP contribution < -0.4 is 4.74 Å². The van der Waals surface area contributed by atoms with Crippen molar-refractivity contribution in [1.29, 1.82) is 0 Å². The summed E-state index contributed by atoms with van der Waals surface area (Å²) >= 11 is 0. The smallest absolute Gasteiger partial charge is 0.408 e. The molecule has 134 valence electrons. The minimum absolute atomic E-state index is 0.0263. The number of carboxylic acid groups (broad SMARTS) is 1. The molecule has 0 bridgehead atoms. The molecule has 0 fully saturated rings. The first-order valence-corrected chi connectivity index (χ1v) is 8.13. The zero-order chi connectivity index (χ0) is 18.6. The third-order valence-electron chi connectivity index (χ3n) is 4.03. The van der Waals surface area contributed by atoms with Crippen molar-refractivity contribution in [3.05, 3.63) is 53.6 Å². The fraction of sp³-hybridized carbons (Fsp3) is 0.350. The van der Waals surface area contributed by atoms with Crippen LogP contribution in [0.15, 0.2) is 42.5 Å². The Bertz CT molecular complexity index is 750. The number of amides is 1. The molecule has 5 nitrogen and oxygen atoms in total. The van der Waals surface area contributed by atoms with Gasteiger partial charge in [-0.1, -0.05) is 18.2 Å². The molecule has 0 aromatic heterocycles. The number of carbonyl (C=O) groups is 1. The Labute approximate surface area is 148 Å². The number of aliphatic hydroxyl groups is 1. The predicted octanol–water partition coefficient (Wildman–Crippen LogP) is 4.13. The molecule has 2 rings (SSSR count). The van der Waals surface area contributed by atoms with E-state index in [1.807, 2.05) is 63.2 Å². The molecule has 2 aromatic rings. The highest BCUT2D eigenvalue weighted by atomic mass is 16.5. The molecule has 0 heterocycles. The first-order valence-electron chi connectivity index (χ1n) is 8.13. The Morgan fingerprint density at radius 1 is 1.08 bits per heavy atom. The summed E-state index contributed by atoms with van der Waals surface area (Å²) in [5.74, 6) is 0.668. The van der Waals surface area contributed by atoms with Crippen LogP contribution in [0.4, 0.5) is 4.79 Å². The van der Waals surface area contributed by atoms with Gasteiger partial charge in [-0.05, 0) is 67.3 Å². The SMILES string of the molecule is COc1cc(CN(C(=O)O)C(C)(C)C)cc(-c2cccc(CO)c2)c1. The number of nitrogens with zero attached hydrogens (tertiary/aromatic N) is 1. The van der Waals surface area contributed by atoms with E-state index < -0.39 is 11.6 Å². The van der Waals surface area contributed by atoms with Crippen molar-refractivity contribution in [2.75, 3.05) is 7.11 Å². The Kier molecular flexibility index (Phi) is 5.69. The highest BCUT2D eigenvalue weighted by Gasteiger charge is 2.26. The van der Waals surface area contributed by atoms with Crippen LogP contribution in [0.3, 0.4) is 0 Å². The molecular formula is C20H25NO4. The standard InChI is InChI=1S/C20H25NO4/c1-20(2,3)21(19(23)24)12-15-9-17(11-18(10-15)25-4)16-7-5-6-14(8-16)13-22/h5-11,22H,12-13H2,1-4H3,(H,23,24). The molecule has 1 amide bonds. The second kappa shape index (κ2) is 7.57. The molecular weight excluding hydrogens is 318 g/mol. The van der Waals surface area contributed by atoms with Crippen LogP contribution in [-0.2, 0) is 13.2 Å². The number of rotatable bonds is 5. The lowest BCUT2D eigenvalue weighted by Crippen LogP contribution is -2.44. The van der Waals surface area contributed by atoms with Gasteiger partial charge in [0.25, 0.3) is 0 Å². The lowest BCUT2D eigenvalue weighted by molar-refractivity contribution is 0.0955. The molecule has 5 heteroatoms. The predicted molar refractivity (Wildman–Crippen MR) is 97.7 cm³/mol. The molecule has 0 unspecified atom stereocenters. The second-order valence-corrected chi connectivity index (χ2v) is 6.97. The minimum atomic E-state index is -0.959. The van der Waals surface area contributed by atoms with E-state index in [0.29, 0.717) is 5.75 Å². The number of hydrogen-bond donors (Lipinski definition) is 2. The monoisotopic (exact) mass is 343 g/mol. The number of ether oxygens (including phenoxy) is 1. The van der Waals surface area contributed by atoms with Crippen LogP contribution in [0.1, 0.15) is 31.9 Å². The van der Waals surface area contributed by atoms with E-state index in [0.717, 1.165) is 22.3 Å². The molecule has 0 saturated carbocycles. The van der Waals surface area contributed by atoms with Crippen molar-refractivity contribution < 1.29 is 19.7 Å². The maximum absolute atomic E-state index is 11.6. The van der Waals surface area contributed by atoms with Crippen molar-refractivity contribution >= 4 is 6.09 Å². The van der Waals surface area contributed by atoms with Crippen LogP contribution in [0.25, 0.3) is 11.1 Å². The summed E-state index contributed by atoms with van der Waals surface area (Å²) in [5.41, 5.74) is 3.03. The van der Waals surface area contributed by atoms with Gasteiger partial charge in [0.15, 0.2) is 0 Å². The van der Waals surface area contributed by atoms with Gasteiger partial charge >= 0.3 is 6.09 Å². The van der Waals surface area contributed by atoms with Crippen LogP contribution in [0.2, 0.25) is 0 Å². The molecule has 0 aliphatic rings. The van der Waals surface area contributed by atoms with E-state index in [1.165, 1.54) is 4.90 Å². The number of hydrogen-bond acceptors (Lipinski definition) is 3. The van der Waals surface area contributed by atoms with Gasteiger partial charge < -0.3 is 14.9 Å². The van der Waals surface area contributed by atoms with Gasteiger partial charge in [0.2, 0.25) is 0 Å². The first-order chi connectivity index (χ1) is 11.7. The van der Waals surface area contributed by atoms with Gasteiger partial charge in [0, 0.05) is 12.1 Å². The summed E-state index contributed by atoms with van der Waals surface area (Å²) in [6.07, 6.45) is -0.959. The fourth-order valence-electron chi connectivity index (χ4n) is 2.66. The Hall–Kier alpha value is -2.53. The lowest BCUT2D eigenvalue weighted by Gasteiger charge is -2.33. The molecule has 0 aliphatic heterocycles. The topological polar surface area (TPSA) is 70.0 Å². The molecule has 0 spiro atoms. The van der Waals surface area contributed by atoms with Gasteiger partial charge in [-0.3, -0.25) is 4.90 Å². The average molecular weight is 343 g/mol. The number of aliphatic hydroxyl groups excluding tert-OH is 1. The second-order valence-electron chi connectivity index (χ2n) is 6.97. The molecule has 2 aromatic carbocycles. The van der Waals surface area contributed by atoms with E-state index in [4.69, 9.17) is 4.74 Å². The number of benzene rings is 2. The van der Waals surface area contributed by atoms with Gasteiger partial charge in [0.1, 0.15) is 5.75 Å². The van der Waals surface area contributed by atoms with Crippen molar-refractivity contribution in [1.82, 2.24) is 4.90 Å². The summed E-state index contributed by atoms with van der Waals surface area (Å²) in [4.78, 5) is 13.0. The zero-order valence-corrected chi connectivity index (χ0v) is 15.1. The summed E-state index contributed by atoms with van der Waals surface area (Å²) in [7, 11) is 1.59. The minimum Gasteiger partial charge on any atom is -0.497 e. The van der Waals surface area contributed by atoms with Crippen molar-refractivity contribution in [2.45, 2.75) is 39.5 Å². The van der Waals surface area contributed by atoms with Crippen molar-refractivity contribution in [3.8, 4) is 16.9 Å². The molecule has 0 saturated heterocycles. The van der Waals surface area contributed by atoms with Crippen molar-refractivity contribution in [3.63, 3.8) is 0 Å². The van der Waals surface area contributed by atoms with Gasteiger partial charge in [-0.25, -0.2) is 4.79 Å². The summed E-state index contributed by atoms with van der Waals surface area (Å²) in [6.45, 7) is 5.84. The Morgan fingerprint density at radius 2 is 1.76 bits per heavy atom. The highest BCUT2D eigenvalue weighted by molar-refractivity contribution is 5.68. The van der Waals surface area contributed by atoms with E-state index >= 15 is 0 Å². The fourth-order valence-corrected chi connectivity index (χ4v) is 2.66. The summed E-state index contributed by atoms with van der Waals surface area (Å²) in [5, 5.41) is 18.9. The van der Waals surface area contributed by atoms with E-state index in [1.54, 1.807) is 7.11 Å². The third-order valence-corrected chi connectivity index (χ3v) is 4.03. The van der Waals surface area contributed by atoms with Gasteiger partial charge in [-0.15, -0.1) is 0 Å². The summed E-state index contributed by atoms with van der Waals surface area (Å²) in [6, 6.07) is 13.3. The molecule has 0 aliphatic carbocycles. The normalized spacial score (nSPS) is 11.2. The molecule has 2 N–H and O–H groups in total. The average Bonchev–Trinajstić information content (AvgIpc) is 2.58. The van der Waals surface area contributed by atoms with E-state index in [2.05, 4.69) is 0 Å². The lowest BCUT2D eigenvalue weighted by atomic mass is 9.99. The molecule has 25 heavy (non-hydrogen) atoms. The Morgan fingerprint density at radius 3 is 2.32 bits per heavy atom. The Balaban J connectivity index is 2.44. The maximum atomic E-state index is 11.6. The van der Waals surface area contributed by atoms with Crippen LogP contribution >= 0.6 is 0 Å². The van der Waals surface area contributed by atoms with Crippen LogP contribution in [-0.4, -0.2) is 33.9 Å². The van der Waals surface area contributed by atoms with E-state index in [-0.39, 0.29) is 13.2 Å². The summed E-state index contributed by atoms with van der Waals surface area (Å²) < 4.78 is 5.39.